The molecule has 0 bridgehead atoms. The minimum absolute atomic E-state index is 0.426. The van der Waals surface area contributed by atoms with Gasteiger partial charge >= 0.3 is 7.40 Å². The third kappa shape index (κ3) is 6.37. The van der Waals surface area contributed by atoms with E-state index in [9.17, 15) is 0 Å². The predicted molar refractivity (Wildman–Crippen MR) is 220 cm³/mol. The Labute approximate surface area is 310 Å². The minimum Gasteiger partial charge on any atom is -0.324 e. The summed E-state index contributed by atoms with van der Waals surface area (Å²) in [5, 5.41) is 2.04. The number of fused-ring (bicyclic) bond motifs is 1. The number of rotatable bonds is 7. The van der Waals surface area contributed by atoms with Crippen molar-refractivity contribution in [3.63, 3.8) is 0 Å². The number of aromatic nitrogens is 1. The summed E-state index contributed by atoms with van der Waals surface area (Å²) in [7, 11) is -2.85. The summed E-state index contributed by atoms with van der Waals surface area (Å²) in [6, 6.07) is 47.0. The summed E-state index contributed by atoms with van der Waals surface area (Å²) >= 11 is 0. The Morgan fingerprint density at radius 2 is 1.06 bits per heavy atom. The van der Waals surface area contributed by atoms with Gasteiger partial charge in [-0.15, -0.1) is 0 Å². The lowest BCUT2D eigenvalue weighted by molar-refractivity contribution is 0.630. The Hall–Kier alpha value is -6.07. The first-order valence-electron chi connectivity index (χ1n) is 18.0. The van der Waals surface area contributed by atoms with Crippen LogP contribution in [0.3, 0.4) is 0 Å². The van der Waals surface area contributed by atoms with Crippen LogP contribution in [0.1, 0.15) is 50.2 Å². The van der Waals surface area contributed by atoms with Gasteiger partial charge in [0.2, 0.25) is 0 Å². The molecule has 5 heteroatoms. The highest BCUT2D eigenvalue weighted by Gasteiger charge is 2.34. The van der Waals surface area contributed by atoms with E-state index in [0.29, 0.717) is 22.7 Å². The van der Waals surface area contributed by atoms with E-state index in [0.717, 1.165) is 83.3 Å². The summed E-state index contributed by atoms with van der Waals surface area (Å²) in [5.41, 5.74) is 14.5. The Morgan fingerprint density at radius 3 is 1.62 bits per heavy atom. The van der Waals surface area contributed by atoms with Crippen molar-refractivity contribution in [3.8, 4) is 22.4 Å². The maximum Gasteiger partial charge on any atom is 0.678 e. The predicted octanol–water partition coefficient (Wildman–Crippen LogP) is 12.6. The van der Waals surface area contributed by atoms with Crippen molar-refractivity contribution in [1.29, 1.82) is 0 Å². The summed E-state index contributed by atoms with van der Waals surface area (Å²) in [6.07, 6.45) is 2.11. The highest BCUT2D eigenvalue weighted by molar-refractivity contribution is 6.43. The lowest BCUT2D eigenvalue weighted by atomic mass is 9.87. The van der Waals surface area contributed by atoms with Crippen LogP contribution in [0, 0.1) is 34.6 Å². The molecule has 0 aliphatic carbocycles. The van der Waals surface area contributed by atoms with Crippen molar-refractivity contribution in [2.75, 3.05) is 0 Å². The van der Waals surface area contributed by atoms with E-state index in [2.05, 4.69) is 99.6 Å². The second-order valence-corrected chi connectivity index (χ2v) is 14.2. The highest BCUT2D eigenvalue weighted by Crippen LogP contribution is 2.47. The zero-order valence-corrected chi connectivity index (χ0v) is 30.6. The van der Waals surface area contributed by atoms with Crippen molar-refractivity contribution >= 4 is 35.0 Å². The number of hydrogen-bond acceptors (Lipinski definition) is 1. The van der Waals surface area contributed by atoms with Crippen molar-refractivity contribution in [2.24, 2.45) is 4.99 Å². The summed E-state index contributed by atoms with van der Waals surface area (Å²) in [4.78, 5) is 5.44. The van der Waals surface area contributed by atoms with Gasteiger partial charge in [-0.1, -0.05) is 156 Å². The molecule has 7 aromatic rings. The zero-order valence-electron chi connectivity index (χ0n) is 30.6. The largest absolute Gasteiger partial charge is 0.678 e. The third-order valence-corrected chi connectivity index (χ3v) is 10.3. The number of hydrogen-bond donors (Lipinski definition) is 0. The number of aliphatic imine (C=N–C) groups is 1. The molecule has 8 rings (SSSR count). The zero-order chi connectivity index (χ0) is 36.8. The van der Waals surface area contributed by atoms with Crippen molar-refractivity contribution < 1.29 is 8.63 Å². The molecule has 2 heterocycles. The number of aryl methyl sites for hydroxylation is 5. The van der Waals surface area contributed by atoms with Crippen LogP contribution in [-0.2, 0) is 0 Å². The second kappa shape index (κ2) is 13.8. The van der Waals surface area contributed by atoms with Crippen LogP contribution in [0.25, 0.3) is 44.3 Å². The lowest BCUT2D eigenvalue weighted by Crippen LogP contribution is -2.18. The number of nitrogens with zero attached hydrogens (tertiary/aromatic N) is 2. The van der Waals surface area contributed by atoms with E-state index in [-0.39, 0.29) is 0 Å². The topological polar surface area (TPSA) is 17.3 Å². The summed E-state index contributed by atoms with van der Waals surface area (Å²) in [5.74, 6) is 0. The van der Waals surface area contributed by atoms with E-state index in [4.69, 9.17) is 4.99 Å². The fourth-order valence-electron chi connectivity index (χ4n) is 7.35. The van der Waals surface area contributed by atoms with Crippen LogP contribution in [0.4, 0.5) is 8.63 Å². The molecule has 0 atom stereocenters. The molecule has 0 unspecified atom stereocenters. The highest BCUT2D eigenvalue weighted by atomic mass is 19.2. The Kier molecular flexibility index (Phi) is 8.87. The molecular weight excluding hydrogens is 653 g/mol. The molecule has 0 N–H and O–H groups in total. The van der Waals surface area contributed by atoms with Crippen molar-refractivity contribution in [2.45, 2.75) is 34.6 Å². The first kappa shape index (κ1) is 34.0. The lowest BCUT2D eigenvalue weighted by Gasteiger charge is -2.21. The van der Waals surface area contributed by atoms with Gasteiger partial charge < -0.3 is 4.48 Å². The molecule has 0 amide bonds. The van der Waals surface area contributed by atoms with Crippen molar-refractivity contribution in [3.05, 3.63) is 202 Å². The van der Waals surface area contributed by atoms with Crippen LogP contribution < -0.4 is 0 Å². The monoisotopic (exact) mass is 692 g/mol. The first-order valence-corrected chi connectivity index (χ1v) is 18.0. The maximum atomic E-state index is 16.1. The molecule has 0 radical (unpaired) electrons. The fraction of sp³-hybridized carbons (Fsp3) is 0.104. The number of allylic oxidation sites excluding steroid dienone is 2. The van der Waals surface area contributed by atoms with E-state index in [1.165, 1.54) is 4.48 Å². The van der Waals surface area contributed by atoms with Crippen LogP contribution in [0.2, 0.25) is 0 Å². The smallest absolute Gasteiger partial charge is 0.324 e. The Balaban J connectivity index is 1.56. The van der Waals surface area contributed by atoms with E-state index < -0.39 is 7.40 Å². The molecule has 0 saturated carbocycles. The maximum absolute atomic E-state index is 16.1. The third-order valence-electron chi connectivity index (χ3n) is 10.3. The van der Waals surface area contributed by atoms with Gasteiger partial charge in [0.15, 0.2) is 0 Å². The summed E-state index contributed by atoms with van der Waals surface area (Å²) < 4.78 is 33.5. The van der Waals surface area contributed by atoms with Gasteiger partial charge in [0, 0.05) is 28.0 Å². The van der Waals surface area contributed by atoms with Gasteiger partial charge in [-0.25, -0.2) is 4.99 Å². The minimum atomic E-state index is -2.85. The van der Waals surface area contributed by atoms with Gasteiger partial charge in [-0.05, 0) is 85.4 Å². The average molecular weight is 693 g/mol. The SMILES string of the molecule is Cc1ccc(C2=CC(c3ccc(C)cc3)=N/C2=C(/c2ccc(C)c3ccccc23)c2c(-c3ccc(C)cc3)cc(-c3ccc(C)cc3)n2B(F)F)cc1. The van der Waals surface area contributed by atoms with Crippen LogP contribution in [0.15, 0.2) is 156 Å². The second-order valence-electron chi connectivity index (χ2n) is 14.2. The molecule has 1 aromatic heterocycles. The Morgan fingerprint density at radius 1 is 0.547 bits per heavy atom. The standard InChI is InChI=1S/C48H39BF2N2/c1-30-10-19-35(20-11-30)42-28-44(37-23-14-32(3)15-24-37)52-47(42)46(41-27-18-34(5)39-8-6-7-9-40(39)41)48-43(36-21-12-31(2)13-22-36)29-45(53(48)49(50)51)38-25-16-33(4)17-26-38/h6-29H,1-5H3/b47-46-. The van der Waals surface area contributed by atoms with Crippen molar-refractivity contribution in [1.82, 2.24) is 4.48 Å². The molecule has 0 fully saturated rings. The van der Waals surface area contributed by atoms with Gasteiger partial charge in [0.1, 0.15) is 0 Å². The van der Waals surface area contributed by atoms with E-state index in [1.807, 2.05) is 80.6 Å². The molecule has 53 heavy (non-hydrogen) atoms. The first-order chi connectivity index (χ1) is 25.7. The fourth-order valence-corrected chi connectivity index (χ4v) is 7.35. The Bertz CT molecular complexity index is 2590. The molecule has 258 valence electrons. The molecular formula is C48H39BF2N2. The number of benzene rings is 6. The van der Waals surface area contributed by atoms with Gasteiger partial charge in [0.05, 0.1) is 17.1 Å². The molecule has 6 aromatic carbocycles. The normalized spacial score (nSPS) is 13.6. The van der Waals surface area contributed by atoms with Gasteiger partial charge in [0.25, 0.3) is 0 Å². The van der Waals surface area contributed by atoms with Crippen LogP contribution >= 0.6 is 0 Å². The summed E-state index contributed by atoms with van der Waals surface area (Å²) in [6.45, 7) is 10.3. The van der Waals surface area contributed by atoms with Gasteiger partial charge in [-0.3, -0.25) is 8.63 Å². The average Bonchev–Trinajstić information content (AvgIpc) is 3.78. The van der Waals surface area contributed by atoms with Gasteiger partial charge in [-0.2, -0.15) is 0 Å². The molecule has 0 saturated heterocycles. The quantitative estimate of drug-likeness (QED) is 0.148. The molecule has 2 nitrogen and oxygen atoms in total. The van der Waals surface area contributed by atoms with E-state index >= 15 is 8.63 Å². The molecule has 0 spiro atoms. The molecule has 1 aliphatic rings. The molecule has 1 aliphatic heterocycles. The van der Waals surface area contributed by atoms with Crippen LogP contribution in [-0.4, -0.2) is 17.6 Å². The van der Waals surface area contributed by atoms with E-state index in [1.54, 1.807) is 0 Å². The van der Waals surface area contributed by atoms with Crippen LogP contribution in [0.5, 0.6) is 0 Å². The number of halogens is 2.